The molecule has 1 amide bonds. The first-order valence-electron chi connectivity index (χ1n) is 4.89. The number of nitrogens with two attached hydrogens (primary N) is 1. The molecular weight excluding hydrogens is 240 g/mol. The number of nitriles is 1. The van der Waals surface area contributed by atoms with Crippen molar-refractivity contribution < 1.29 is 4.79 Å². The van der Waals surface area contributed by atoms with Crippen LogP contribution in [0.25, 0.3) is 11.0 Å². The van der Waals surface area contributed by atoms with Crippen molar-refractivity contribution in [3.8, 4) is 6.07 Å². The van der Waals surface area contributed by atoms with E-state index in [1.165, 1.54) is 0 Å². The van der Waals surface area contributed by atoms with Gasteiger partial charge in [0.25, 0.3) is 0 Å². The molecule has 6 heteroatoms. The van der Waals surface area contributed by atoms with Gasteiger partial charge in [-0.1, -0.05) is 0 Å². The third-order valence-electron chi connectivity index (χ3n) is 2.39. The Kier molecular flexibility index (Phi) is 2.98. The Hall–Kier alpha value is -2.06. The fourth-order valence-corrected chi connectivity index (χ4v) is 1.88. The van der Waals surface area contributed by atoms with E-state index in [2.05, 4.69) is 4.98 Å². The Morgan fingerprint density at radius 1 is 1.59 bits per heavy atom. The van der Waals surface area contributed by atoms with Crippen molar-refractivity contribution in [1.29, 1.82) is 5.26 Å². The number of carbonyl (C=O) groups excluding carboxylic acids is 1. The third-order valence-corrected chi connectivity index (χ3v) is 2.63. The van der Waals surface area contributed by atoms with E-state index in [4.69, 9.17) is 22.6 Å². The zero-order valence-electron chi connectivity index (χ0n) is 8.85. The first kappa shape index (κ1) is 11.4. The number of alkyl halides is 1. The number of benzene rings is 1. The molecule has 0 aliphatic heterocycles. The second-order valence-electron chi connectivity index (χ2n) is 3.53. The summed E-state index contributed by atoms with van der Waals surface area (Å²) in [4.78, 5) is 15.3. The summed E-state index contributed by atoms with van der Waals surface area (Å²) in [6.45, 7) is 0.00738. The van der Waals surface area contributed by atoms with Crippen LogP contribution in [0.15, 0.2) is 18.2 Å². The summed E-state index contributed by atoms with van der Waals surface area (Å²) < 4.78 is 1.63. The maximum Gasteiger partial charge on any atom is 0.237 e. The van der Waals surface area contributed by atoms with Crippen molar-refractivity contribution in [2.45, 2.75) is 12.4 Å². The van der Waals surface area contributed by atoms with Gasteiger partial charge in [-0.05, 0) is 18.2 Å². The van der Waals surface area contributed by atoms with Crippen LogP contribution < -0.4 is 5.73 Å². The fourth-order valence-electron chi connectivity index (χ4n) is 1.68. The molecule has 1 heterocycles. The molecule has 2 rings (SSSR count). The van der Waals surface area contributed by atoms with Gasteiger partial charge < -0.3 is 10.3 Å². The molecule has 86 valence electrons. The highest BCUT2D eigenvalue weighted by molar-refractivity contribution is 6.16. The van der Waals surface area contributed by atoms with Crippen LogP contribution in [0, 0.1) is 11.3 Å². The van der Waals surface area contributed by atoms with Crippen molar-refractivity contribution in [1.82, 2.24) is 9.55 Å². The Morgan fingerprint density at radius 2 is 2.35 bits per heavy atom. The van der Waals surface area contributed by atoms with E-state index in [9.17, 15) is 4.79 Å². The van der Waals surface area contributed by atoms with Gasteiger partial charge in [-0.25, -0.2) is 4.98 Å². The average molecular weight is 249 g/mol. The highest BCUT2D eigenvalue weighted by atomic mass is 35.5. The summed E-state index contributed by atoms with van der Waals surface area (Å²) in [6, 6.07) is 7.10. The summed E-state index contributed by atoms with van der Waals surface area (Å²) in [6.07, 6.45) is 0. The molecule has 1 aromatic heterocycles. The Balaban J connectivity index is 2.67. The Labute approximate surface area is 102 Å². The summed E-state index contributed by atoms with van der Waals surface area (Å²) in [5.74, 6) is 0.276. The number of halogens is 1. The van der Waals surface area contributed by atoms with E-state index in [0.717, 1.165) is 0 Å². The molecule has 0 saturated carbocycles. The fraction of sp³-hybridized carbons (Fsp3) is 0.182. The predicted molar refractivity (Wildman–Crippen MR) is 63.2 cm³/mol. The minimum Gasteiger partial charge on any atom is -0.368 e. The molecule has 0 radical (unpaired) electrons. The lowest BCUT2D eigenvalue weighted by molar-refractivity contribution is -0.118. The number of hydrogen-bond acceptors (Lipinski definition) is 3. The number of nitrogens with zero attached hydrogens (tertiary/aromatic N) is 3. The van der Waals surface area contributed by atoms with Crippen molar-refractivity contribution in [3.63, 3.8) is 0 Å². The maximum atomic E-state index is 11.0. The van der Waals surface area contributed by atoms with E-state index in [-0.39, 0.29) is 12.4 Å². The summed E-state index contributed by atoms with van der Waals surface area (Å²) in [5.41, 5.74) is 7.07. The van der Waals surface area contributed by atoms with Gasteiger partial charge in [-0.2, -0.15) is 5.26 Å². The molecule has 0 unspecified atom stereocenters. The number of aromatic nitrogens is 2. The molecule has 0 saturated heterocycles. The van der Waals surface area contributed by atoms with Gasteiger partial charge in [0, 0.05) is 0 Å². The second kappa shape index (κ2) is 4.44. The predicted octanol–water partition coefficient (Wildman–Crippen LogP) is 1.13. The minimum atomic E-state index is -0.474. The largest absolute Gasteiger partial charge is 0.368 e. The number of primary amides is 1. The topological polar surface area (TPSA) is 84.7 Å². The second-order valence-corrected chi connectivity index (χ2v) is 3.80. The van der Waals surface area contributed by atoms with Gasteiger partial charge in [-0.15, -0.1) is 11.6 Å². The van der Waals surface area contributed by atoms with Gasteiger partial charge in [0.05, 0.1) is 28.5 Å². The standard InChI is InChI=1S/C11H9ClN4O/c12-4-11-15-8-2-1-7(5-13)3-9(8)16(11)6-10(14)17/h1-3H,4,6H2,(H2,14,17). The zero-order chi connectivity index (χ0) is 12.4. The molecular formula is C11H9ClN4O. The van der Waals surface area contributed by atoms with Crippen LogP contribution in [0.4, 0.5) is 0 Å². The molecule has 0 fully saturated rings. The molecule has 2 N–H and O–H groups in total. The minimum absolute atomic E-state index is 0.00738. The van der Waals surface area contributed by atoms with Crippen LogP contribution >= 0.6 is 11.6 Å². The monoisotopic (exact) mass is 248 g/mol. The quantitative estimate of drug-likeness (QED) is 0.827. The molecule has 2 aromatic rings. The molecule has 17 heavy (non-hydrogen) atoms. The Bertz CT molecular complexity index is 626. The number of hydrogen-bond donors (Lipinski definition) is 1. The highest BCUT2D eigenvalue weighted by Crippen LogP contribution is 2.18. The number of fused-ring (bicyclic) bond motifs is 1. The van der Waals surface area contributed by atoms with Crippen molar-refractivity contribution >= 4 is 28.5 Å². The lowest BCUT2D eigenvalue weighted by atomic mass is 10.2. The smallest absolute Gasteiger partial charge is 0.237 e. The number of imidazole rings is 1. The molecule has 0 atom stereocenters. The van der Waals surface area contributed by atoms with Crippen LogP contribution in [0.5, 0.6) is 0 Å². The van der Waals surface area contributed by atoms with Gasteiger partial charge in [0.2, 0.25) is 5.91 Å². The van der Waals surface area contributed by atoms with Crippen LogP contribution in [-0.4, -0.2) is 15.5 Å². The zero-order valence-corrected chi connectivity index (χ0v) is 9.61. The number of amides is 1. The Morgan fingerprint density at radius 3 is 2.94 bits per heavy atom. The van der Waals surface area contributed by atoms with Crippen LogP contribution in [0.1, 0.15) is 11.4 Å². The normalized spacial score (nSPS) is 10.4. The lowest BCUT2D eigenvalue weighted by Gasteiger charge is -2.04. The van der Waals surface area contributed by atoms with E-state index in [1.54, 1.807) is 22.8 Å². The SMILES string of the molecule is N#Cc1ccc2nc(CCl)n(CC(N)=O)c2c1. The third kappa shape index (κ3) is 2.08. The van der Waals surface area contributed by atoms with E-state index < -0.39 is 5.91 Å². The summed E-state index contributed by atoms with van der Waals surface area (Å²) >= 11 is 5.76. The average Bonchev–Trinajstić information content (AvgIpc) is 2.66. The molecule has 5 nitrogen and oxygen atoms in total. The van der Waals surface area contributed by atoms with Crippen LogP contribution in [0.3, 0.4) is 0 Å². The first-order chi connectivity index (χ1) is 8.15. The lowest BCUT2D eigenvalue weighted by Crippen LogP contribution is -2.19. The summed E-state index contributed by atoms with van der Waals surface area (Å²) in [7, 11) is 0. The van der Waals surface area contributed by atoms with Crippen LogP contribution in [0.2, 0.25) is 0 Å². The number of rotatable bonds is 3. The van der Waals surface area contributed by atoms with Gasteiger partial charge in [-0.3, -0.25) is 4.79 Å². The molecule has 0 bridgehead atoms. The number of carbonyl (C=O) groups is 1. The highest BCUT2D eigenvalue weighted by Gasteiger charge is 2.12. The van der Waals surface area contributed by atoms with E-state index in [0.29, 0.717) is 22.4 Å². The van der Waals surface area contributed by atoms with Gasteiger partial charge in [0.15, 0.2) is 0 Å². The van der Waals surface area contributed by atoms with E-state index >= 15 is 0 Å². The maximum absolute atomic E-state index is 11.0. The van der Waals surface area contributed by atoms with Crippen LogP contribution in [-0.2, 0) is 17.2 Å². The molecule has 0 aliphatic carbocycles. The van der Waals surface area contributed by atoms with Gasteiger partial charge in [0.1, 0.15) is 12.4 Å². The van der Waals surface area contributed by atoms with Crippen molar-refractivity contribution in [2.75, 3.05) is 0 Å². The molecule has 0 aliphatic rings. The molecule has 0 spiro atoms. The van der Waals surface area contributed by atoms with Crippen molar-refractivity contribution in [2.24, 2.45) is 5.73 Å². The first-order valence-corrected chi connectivity index (χ1v) is 5.42. The summed E-state index contributed by atoms with van der Waals surface area (Å²) in [5, 5.41) is 8.84. The van der Waals surface area contributed by atoms with Gasteiger partial charge >= 0.3 is 0 Å². The van der Waals surface area contributed by atoms with Crippen molar-refractivity contribution in [3.05, 3.63) is 29.6 Å². The molecule has 1 aromatic carbocycles. The van der Waals surface area contributed by atoms with E-state index in [1.807, 2.05) is 6.07 Å².